The molecule has 0 bridgehead atoms. The van der Waals surface area contributed by atoms with Crippen LogP contribution in [0.5, 0.6) is 0 Å². The number of carbonyl (C=O) groups is 2. The summed E-state index contributed by atoms with van der Waals surface area (Å²) in [6.07, 6.45) is 62.4. The molecule has 0 saturated heterocycles. The van der Waals surface area contributed by atoms with Crippen LogP contribution in [0.4, 0.5) is 0 Å². The van der Waals surface area contributed by atoms with Crippen molar-refractivity contribution in [2.45, 2.75) is 334 Å². The zero-order valence-electron chi connectivity index (χ0n) is 43.9. The molecular weight excluding hydrogens is 803 g/mol. The minimum atomic E-state index is -0.792. The standard InChI is InChI=1S/C59H113NO5/c1-4-7-10-13-16-19-22-25-27-29-31-34-36-39-42-45-48-51-57(62)56(54-61)60-58(63)53-55(50-47-44-41-38-35-33-30-28-26-23-20-17-14-11-8-5-2)65-59(64)52-49-46-43-40-37-32-24-21-18-15-12-9-6-3/h28,30,33,35,55-57,61-62H,4-27,29,31-32,34,36-54H2,1-3H3,(H,60,63)/b30-28+,35-33+. The van der Waals surface area contributed by atoms with Gasteiger partial charge in [0.05, 0.1) is 25.2 Å². The van der Waals surface area contributed by atoms with Gasteiger partial charge in [-0.05, 0) is 51.4 Å². The first-order valence-electron chi connectivity index (χ1n) is 29.1. The summed E-state index contributed by atoms with van der Waals surface area (Å²) in [5.41, 5.74) is 0. The Balaban J connectivity index is 4.54. The monoisotopic (exact) mass is 916 g/mol. The molecule has 0 heterocycles. The third-order valence-electron chi connectivity index (χ3n) is 13.6. The predicted molar refractivity (Wildman–Crippen MR) is 283 cm³/mol. The molecule has 3 atom stereocenters. The van der Waals surface area contributed by atoms with Gasteiger partial charge in [0.1, 0.15) is 6.10 Å². The molecule has 0 aromatic rings. The summed E-state index contributed by atoms with van der Waals surface area (Å²) >= 11 is 0. The highest BCUT2D eigenvalue weighted by Crippen LogP contribution is 2.19. The highest BCUT2D eigenvalue weighted by molar-refractivity contribution is 5.77. The van der Waals surface area contributed by atoms with E-state index in [1.165, 1.54) is 205 Å². The molecule has 384 valence electrons. The maximum Gasteiger partial charge on any atom is 0.306 e. The molecule has 0 aliphatic heterocycles. The van der Waals surface area contributed by atoms with Crippen LogP contribution in [-0.4, -0.2) is 46.9 Å². The van der Waals surface area contributed by atoms with E-state index in [-0.39, 0.29) is 24.9 Å². The zero-order chi connectivity index (χ0) is 47.4. The number of carbonyl (C=O) groups excluding carboxylic acids is 2. The van der Waals surface area contributed by atoms with Crippen LogP contribution in [0.3, 0.4) is 0 Å². The number of amides is 1. The smallest absolute Gasteiger partial charge is 0.306 e. The number of aliphatic hydroxyl groups is 2. The van der Waals surface area contributed by atoms with Gasteiger partial charge in [0.15, 0.2) is 0 Å². The van der Waals surface area contributed by atoms with Crippen molar-refractivity contribution >= 4 is 11.9 Å². The summed E-state index contributed by atoms with van der Waals surface area (Å²) in [6.45, 7) is 6.51. The molecule has 6 nitrogen and oxygen atoms in total. The molecule has 0 spiro atoms. The van der Waals surface area contributed by atoms with E-state index in [0.29, 0.717) is 19.3 Å². The molecule has 0 saturated carbocycles. The van der Waals surface area contributed by atoms with Crippen LogP contribution in [0.15, 0.2) is 24.3 Å². The van der Waals surface area contributed by atoms with Crippen LogP contribution in [0.25, 0.3) is 0 Å². The Labute approximate surface area is 405 Å². The molecule has 0 aromatic carbocycles. The number of rotatable bonds is 53. The van der Waals surface area contributed by atoms with Gasteiger partial charge in [-0.2, -0.15) is 0 Å². The average Bonchev–Trinajstić information content (AvgIpc) is 3.30. The van der Waals surface area contributed by atoms with Crippen LogP contribution in [0.2, 0.25) is 0 Å². The highest BCUT2D eigenvalue weighted by Gasteiger charge is 2.24. The first kappa shape index (κ1) is 63.3. The summed E-state index contributed by atoms with van der Waals surface area (Å²) in [7, 11) is 0. The second-order valence-electron chi connectivity index (χ2n) is 20.1. The molecule has 0 aliphatic rings. The van der Waals surface area contributed by atoms with Gasteiger partial charge in [0.25, 0.3) is 0 Å². The van der Waals surface area contributed by atoms with Crippen LogP contribution >= 0.6 is 0 Å². The van der Waals surface area contributed by atoms with Crippen molar-refractivity contribution in [2.75, 3.05) is 6.61 Å². The van der Waals surface area contributed by atoms with E-state index in [9.17, 15) is 19.8 Å². The molecule has 0 radical (unpaired) electrons. The Morgan fingerprint density at radius 1 is 0.446 bits per heavy atom. The summed E-state index contributed by atoms with van der Waals surface area (Å²) in [5.74, 6) is -0.481. The topological polar surface area (TPSA) is 95.9 Å². The normalized spacial score (nSPS) is 13.2. The summed E-state index contributed by atoms with van der Waals surface area (Å²) in [4.78, 5) is 26.2. The van der Waals surface area contributed by atoms with Gasteiger partial charge in [-0.15, -0.1) is 0 Å². The average molecular weight is 917 g/mol. The van der Waals surface area contributed by atoms with Crippen molar-refractivity contribution in [3.63, 3.8) is 0 Å². The number of ether oxygens (including phenoxy) is 1. The number of nitrogens with one attached hydrogen (secondary N) is 1. The largest absolute Gasteiger partial charge is 0.462 e. The first-order chi connectivity index (χ1) is 32.0. The lowest BCUT2D eigenvalue weighted by molar-refractivity contribution is -0.151. The van der Waals surface area contributed by atoms with Crippen LogP contribution in [0.1, 0.15) is 316 Å². The first-order valence-corrected chi connectivity index (χ1v) is 29.1. The second kappa shape index (κ2) is 53.3. The minimum Gasteiger partial charge on any atom is -0.462 e. The van der Waals surface area contributed by atoms with Crippen molar-refractivity contribution in [3.05, 3.63) is 24.3 Å². The van der Waals surface area contributed by atoms with Gasteiger partial charge < -0.3 is 20.3 Å². The number of allylic oxidation sites excluding steroid dienone is 4. The quantitative estimate of drug-likeness (QED) is 0.0321. The number of aliphatic hydroxyl groups excluding tert-OH is 2. The molecule has 6 heteroatoms. The van der Waals surface area contributed by atoms with E-state index >= 15 is 0 Å². The fourth-order valence-electron chi connectivity index (χ4n) is 9.13. The highest BCUT2D eigenvalue weighted by atomic mass is 16.5. The van der Waals surface area contributed by atoms with Crippen LogP contribution in [-0.2, 0) is 14.3 Å². The van der Waals surface area contributed by atoms with Crippen molar-refractivity contribution in [1.82, 2.24) is 5.32 Å². The van der Waals surface area contributed by atoms with Gasteiger partial charge in [0.2, 0.25) is 5.91 Å². The molecular formula is C59H113NO5. The lowest BCUT2D eigenvalue weighted by atomic mass is 10.0. The van der Waals surface area contributed by atoms with E-state index < -0.39 is 18.2 Å². The Hall–Kier alpha value is -1.66. The Bertz CT molecular complexity index is 1030. The Morgan fingerprint density at radius 3 is 1.15 bits per heavy atom. The van der Waals surface area contributed by atoms with Crippen molar-refractivity contribution in [1.29, 1.82) is 0 Å². The van der Waals surface area contributed by atoms with E-state index in [2.05, 4.69) is 50.4 Å². The van der Waals surface area contributed by atoms with Gasteiger partial charge in [-0.1, -0.05) is 276 Å². The molecule has 0 rings (SSSR count). The fourth-order valence-corrected chi connectivity index (χ4v) is 9.13. The number of unbranched alkanes of at least 4 members (excludes halogenated alkanes) is 38. The minimum absolute atomic E-state index is 0.0656. The third-order valence-corrected chi connectivity index (χ3v) is 13.6. The molecule has 65 heavy (non-hydrogen) atoms. The molecule has 3 N–H and O–H groups in total. The number of hydrogen-bond acceptors (Lipinski definition) is 5. The Kier molecular flexibility index (Phi) is 51.9. The van der Waals surface area contributed by atoms with Gasteiger partial charge in [-0.25, -0.2) is 0 Å². The lowest BCUT2D eigenvalue weighted by Gasteiger charge is -2.24. The van der Waals surface area contributed by atoms with Gasteiger partial charge in [-0.3, -0.25) is 9.59 Å². The maximum atomic E-state index is 13.3. The molecule has 0 aliphatic carbocycles. The van der Waals surface area contributed by atoms with E-state index in [1.54, 1.807) is 0 Å². The van der Waals surface area contributed by atoms with Crippen molar-refractivity contribution < 1.29 is 24.5 Å². The fraction of sp³-hybridized carbons (Fsp3) is 0.898. The van der Waals surface area contributed by atoms with Crippen LogP contribution in [0, 0.1) is 0 Å². The maximum absolute atomic E-state index is 13.3. The third kappa shape index (κ3) is 48.6. The van der Waals surface area contributed by atoms with Gasteiger partial charge in [0, 0.05) is 6.42 Å². The SMILES string of the molecule is CCCCCCCCC/C=C/C=C/CCCCCC(CC(=O)NC(CO)C(O)CCCCCCCCCCCCCCCCCCC)OC(=O)CCCCCCCCCCCCCCC. The summed E-state index contributed by atoms with van der Waals surface area (Å²) < 4.78 is 5.95. The van der Waals surface area contributed by atoms with E-state index in [0.717, 1.165) is 64.2 Å². The zero-order valence-corrected chi connectivity index (χ0v) is 43.9. The molecule has 3 unspecified atom stereocenters. The van der Waals surface area contributed by atoms with Crippen molar-refractivity contribution in [2.24, 2.45) is 0 Å². The van der Waals surface area contributed by atoms with Crippen molar-refractivity contribution in [3.8, 4) is 0 Å². The lowest BCUT2D eigenvalue weighted by Crippen LogP contribution is -2.46. The molecule has 1 amide bonds. The molecule has 0 aromatic heterocycles. The molecule has 0 fully saturated rings. The van der Waals surface area contributed by atoms with E-state index in [1.807, 2.05) is 0 Å². The summed E-state index contributed by atoms with van der Waals surface area (Å²) in [5, 5.41) is 23.9. The summed E-state index contributed by atoms with van der Waals surface area (Å²) in [6, 6.07) is -0.706. The second-order valence-corrected chi connectivity index (χ2v) is 20.1. The number of hydrogen-bond donors (Lipinski definition) is 3. The van der Waals surface area contributed by atoms with E-state index in [4.69, 9.17) is 4.74 Å². The Morgan fingerprint density at radius 2 is 0.769 bits per heavy atom. The van der Waals surface area contributed by atoms with Crippen LogP contribution < -0.4 is 5.32 Å². The number of esters is 1. The predicted octanol–water partition coefficient (Wildman–Crippen LogP) is 17.9. The van der Waals surface area contributed by atoms with Gasteiger partial charge >= 0.3 is 5.97 Å².